The zero-order valence-electron chi connectivity index (χ0n) is 11.6. The molecule has 2 rings (SSSR count). The molecule has 0 bridgehead atoms. The van der Waals surface area contributed by atoms with Gasteiger partial charge in [-0.3, -0.25) is 0 Å². The van der Waals surface area contributed by atoms with Gasteiger partial charge in [-0.1, -0.05) is 51.5 Å². The Labute approximate surface area is 106 Å². The van der Waals surface area contributed by atoms with E-state index in [1.165, 1.54) is 30.4 Å². The highest BCUT2D eigenvalue weighted by Gasteiger charge is 2.20. The van der Waals surface area contributed by atoms with Gasteiger partial charge in [0.15, 0.2) is 0 Å². The molecule has 1 fully saturated rings. The Morgan fingerprint density at radius 2 is 1.71 bits per heavy atom. The zero-order chi connectivity index (χ0) is 12.5. The first-order valence-corrected chi connectivity index (χ1v) is 6.83. The largest absolute Gasteiger partial charge is 0.307 e. The topological polar surface area (TPSA) is 12.0 Å². The molecular formula is C16H25N. The van der Waals surface area contributed by atoms with Crippen LogP contribution in [0.3, 0.4) is 0 Å². The van der Waals surface area contributed by atoms with Crippen LogP contribution in [0.2, 0.25) is 0 Å². The van der Waals surface area contributed by atoms with E-state index in [9.17, 15) is 0 Å². The second-order valence-electron chi connectivity index (χ2n) is 6.42. The third kappa shape index (κ3) is 3.10. The first kappa shape index (κ1) is 12.6. The van der Waals surface area contributed by atoms with Gasteiger partial charge in [0.2, 0.25) is 0 Å². The second kappa shape index (κ2) is 4.81. The smallest absolute Gasteiger partial charge is 0.0322 e. The molecule has 1 aliphatic heterocycles. The zero-order valence-corrected chi connectivity index (χ0v) is 11.6. The van der Waals surface area contributed by atoms with Crippen molar-refractivity contribution in [2.45, 2.75) is 64.5 Å². The van der Waals surface area contributed by atoms with Crippen molar-refractivity contribution in [1.82, 2.24) is 5.32 Å². The summed E-state index contributed by atoms with van der Waals surface area (Å²) in [5.74, 6) is 0. The van der Waals surface area contributed by atoms with E-state index in [1.54, 1.807) is 0 Å². The molecule has 1 N–H and O–H groups in total. The Morgan fingerprint density at radius 1 is 1.06 bits per heavy atom. The molecule has 0 saturated carbocycles. The van der Waals surface area contributed by atoms with Crippen LogP contribution in [0.5, 0.6) is 0 Å². The quantitative estimate of drug-likeness (QED) is 0.764. The summed E-state index contributed by atoms with van der Waals surface area (Å²) in [6.45, 7) is 9.09. The Hall–Kier alpha value is -0.820. The molecule has 1 aromatic carbocycles. The summed E-state index contributed by atoms with van der Waals surface area (Å²) in [5.41, 5.74) is 3.13. The lowest BCUT2D eigenvalue weighted by atomic mass is 9.85. The fourth-order valence-electron chi connectivity index (χ4n) is 2.62. The molecule has 1 heterocycles. The van der Waals surface area contributed by atoms with Crippen molar-refractivity contribution in [3.8, 4) is 0 Å². The molecule has 2 atom stereocenters. The summed E-state index contributed by atoms with van der Waals surface area (Å²) in [7, 11) is 0. The van der Waals surface area contributed by atoms with E-state index in [0.29, 0.717) is 12.1 Å². The SMILES string of the molecule is CC1CCCC(c2ccc(C(C)(C)C)cc2)N1. The van der Waals surface area contributed by atoms with Crippen molar-refractivity contribution in [2.24, 2.45) is 0 Å². The Bertz CT molecular complexity index is 358. The third-order valence-electron chi connectivity index (χ3n) is 3.79. The van der Waals surface area contributed by atoms with E-state index in [0.717, 1.165) is 0 Å². The summed E-state index contributed by atoms with van der Waals surface area (Å²) in [4.78, 5) is 0. The molecule has 2 unspecified atom stereocenters. The van der Waals surface area contributed by atoms with Crippen LogP contribution in [0.1, 0.15) is 64.1 Å². The number of hydrogen-bond acceptors (Lipinski definition) is 1. The van der Waals surface area contributed by atoms with Crippen LogP contribution in [0.4, 0.5) is 0 Å². The average Bonchev–Trinajstić information content (AvgIpc) is 2.28. The number of benzene rings is 1. The maximum absolute atomic E-state index is 3.69. The second-order valence-corrected chi connectivity index (χ2v) is 6.42. The Kier molecular flexibility index (Phi) is 3.58. The van der Waals surface area contributed by atoms with Gasteiger partial charge < -0.3 is 5.32 Å². The van der Waals surface area contributed by atoms with Crippen molar-refractivity contribution < 1.29 is 0 Å². The first-order chi connectivity index (χ1) is 7.97. The number of nitrogens with one attached hydrogen (secondary N) is 1. The Morgan fingerprint density at radius 3 is 2.24 bits per heavy atom. The summed E-state index contributed by atoms with van der Waals surface area (Å²) in [6, 6.07) is 10.4. The van der Waals surface area contributed by atoms with Crippen molar-refractivity contribution >= 4 is 0 Å². The van der Waals surface area contributed by atoms with Gasteiger partial charge in [0.25, 0.3) is 0 Å². The fraction of sp³-hybridized carbons (Fsp3) is 0.625. The van der Waals surface area contributed by atoms with Gasteiger partial charge in [-0.25, -0.2) is 0 Å². The third-order valence-corrected chi connectivity index (χ3v) is 3.79. The molecule has 1 aromatic rings. The van der Waals surface area contributed by atoms with Crippen LogP contribution in [0.15, 0.2) is 24.3 Å². The van der Waals surface area contributed by atoms with E-state index in [4.69, 9.17) is 0 Å². The van der Waals surface area contributed by atoms with Gasteiger partial charge in [-0.2, -0.15) is 0 Å². The first-order valence-electron chi connectivity index (χ1n) is 6.83. The van der Waals surface area contributed by atoms with Crippen molar-refractivity contribution in [2.75, 3.05) is 0 Å². The van der Waals surface area contributed by atoms with E-state index in [2.05, 4.69) is 57.3 Å². The molecular weight excluding hydrogens is 206 g/mol. The lowest BCUT2D eigenvalue weighted by Crippen LogP contribution is -2.34. The van der Waals surface area contributed by atoms with Crippen LogP contribution < -0.4 is 5.32 Å². The van der Waals surface area contributed by atoms with Crippen molar-refractivity contribution in [1.29, 1.82) is 0 Å². The average molecular weight is 231 g/mol. The minimum Gasteiger partial charge on any atom is -0.307 e. The predicted molar refractivity (Wildman–Crippen MR) is 74.3 cm³/mol. The molecule has 1 aliphatic rings. The predicted octanol–water partition coefficient (Wildman–Crippen LogP) is 4.19. The van der Waals surface area contributed by atoms with Gasteiger partial charge in [-0.15, -0.1) is 0 Å². The van der Waals surface area contributed by atoms with Crippen LogP contribution in [0, 0.1) is 0 Å². The van der Waals surface area contributed by atoms with Crippen molar-refractivity contribution in [3.05, 3.63) is 35.4 Å². The lowest BCUT2D eigenvalue weighted by Gasteiger charge is -2.29. The van der Waals surface area contributed by atoms with Crippen LogP contribution in [0.25, 0.3) is 0 Å². The van der Waals surface area contributed by atoms with Gasteiger partial charge >= 0.3 is 0 Å². The molecule has 1 nitrogen and oxygen atoms in total. The number of piperidine rings is 1. The molecule has 0 aliphatic carbocycles. The monoisotopic (exact) mass is 231 g/mol. The molecule has 1 saturated heterocycles. The van der Waals surface area contributed by atoms with Crippen LogP contribution in [-0.4, -0.2) is 6.04 Å². The van der Waals surface area contributed by atoms with E-state index >= 15 is 0 Å². The van der Waals surface area contributed by atoms with Gasteiger partial charge in [-0.05, 0) is 36.3 Å². The molecule has 0 spiro atoms. The highest BCUT2D eigenvalue weighted by atomic mass is 15.0. The van der Waals surface area contributed by atoms with Crippen molar-refractivity contribution in [3.63, 3.8) is 0 Å². The fourth-order valence-corrected chi connectivity index (χ4v) is 2.62. The molecule has 0 amide bonds. The Balaban J connectivity index is 2.12. The van der Waals surface area contributed by atoms with Gasteiger partial charge in [0.05, 0.1) is 0 Å². The summed E-state index contributed by atoms with van der Waals surface area (Å²) in [6.07, 6.45) is 3.94. The minimum absolute atomic E-state index is 0.256. The molecule has 0 aromatic heterocycles. The minimum atomic E-state index is 0.256. The number of rotatable bonds is 1. The van der Waals surface area contributed by atoms with Crippen LogP contribution >= 0.6 is 0 Å². The van der Waals surface area contributed by atoms with E-state index in [1.807, 2.05) is 0 Å². The summed E-state index contributed by atoms with van der Waals surface area (Å²) in [5, 5.41) is 3.69. The molecule has 1 heteroatoms. The maximum atomic E-state index is 3.69. The molecule has 17 heavy (non-hydrogen) atoms. The molecule has 0 radical (unpaired) electrons. The normalized spacial score (nSPS) is 25.9. The van der Waals surface area contributed by atoms with E-state index in [-0.39, 0.29) is 5.41 Å². The van der Waals surface area contributed by atoms with Gasteiger partial charge in [0.1, 0.15) is 0 Å². The molecule has 94 valence electrons. The summed E-state index contributed by atoms with van der Waals surface area (Å²) < 4.78 is 0. The lowest BCUT2D eigenvalue weighted by molar-refractivity contribution is 0.341. The highest BCUT2D eigenvalue weighted by molar-refractivity contribution is 5.29. The standard InChI is InChI=1S/C16H25N/c1-12-6-5-7-15(17-12)13-8-10-14(11-9-13)16(2,3)4/h8-12,15,17H,5-7H2,1-4H3. The van der Waals surface area contributed by atoms with Gasteiger partial charge in [0, 0.05) is 12.1 Å². The number of hydrogen-bond donors (Lipinski definition) is 1. The van der Waals surface area contributed by atoms with E-state index < -0.39 is 0 Å². The summed E-state index contributed by atoms with van der Waals surface area (Å²) >= 11 is 0. The van der Waals surface area contributed by atoms with Crippen LogP contribution in [-0.2, 0) is 5.41 Å². The maximum Gasteiger partial charge on any atom is 0.0322 e. The highest BCUT2D eigenvalue weighted by Crippen LogP contribution is 2.28.